The molecule has 13 nitrogen and oxygen atoms in total. The van der Waals surface area contributed by atoms with Gasteiger partial charge in [-0.25, -0.2) is 0 Å². The molecule has 1 aliphatic carbocycles. The minimum Gasteiger partial charge on any atom is -0.461 e. The molecule has 0 saturated heterocycles. The molecule has 0 radical (unpaired) electrons. The maximum absolute atomic E-state index is 13.4. The highest BCUT2D eigenvalue weighted by molar-refractivity contribution is 6.10. The first-order chi connectivity index (χ1) is 41.7. The number of carbonyl (C=O) groups excluding carboxylic acids is 2. The average Bonchev–Trinajstić information content (AvgIpc) is 3.91. The third kappa shape index (κ3) is 11.2. The summed E-state index contributed by atoms with van der Waals surface area (Å²) in [6.07, 6.45) is 11.7. The molecule has 3 heterocycles. The van der Waals surface area contributed by atoms with Crippen molar-refractivity contribution in [1.82, 2.24) is 0 Å². The van der Waals surface area contributed by atoms with Gasteiger partial charge in [-0.1, -0.05) is 111 Å². The Bertz CT molecular complexity index is 4180. The van der Waals surface area contributed by atoms with Crippen LogP contribution in [-0.2, 0) is 25.2 Å². The molecule has 1 amide bonds. The van der Waals surface area contributed by atoms with Gasteiger partial charge in [-0.15, -0.1) is 15.3 Å². The van der Waals surface area contributed by atoms with Crippen LogP contribution < -0.4 is 25.6 Å². The van der Waals surface area contributed by atoms with E-state index in [-0.39, 0.29) is 36.2 Å². The fourth-order valence-electron chi connectivity index (χ4n) is 12.7. The Hall–Kier alpha value is -9.75. The van der Waals surface area contributed by atoms with E-state index < -0.39 is 11.6 Å². The van der Waals surface area contributed by atoms with Gasteiger partial charge in [-0.05, 0) is 156 Å². The summed E-state index contributed by atoms with van der Waals surface area (Å²) < 4.78 is 15.2. The van der Waals surface area contributed by atoms with E-state index >= 15 is 0 Å². The third-order valence-electron chi connectivity index (χ3n) is 17.0. The predicted molar refractivity (Wildman–Crippen MR) is 348 cm³/mol. The number of azo groups is 2. The number of allylic oxidation sites excluding steroid dienone is 7. The van der Waals surface area contributed by atoms with Crippen LogP contribution in [0.15, 0.2) is 237 Å². The number of fused-ring (bicyclic) bond motifs is 3. The normalized spacial score (nSPS) is 18.6. The quantitative estimate of drug-likeness (QED) is 0.0468. The number of nitrogens with one attached hydrogen (secondary N) is 3. The molecule has 0 aromatic heterocycles. The Labute approximate surface area is 503 Å². The van der Waals surface area contributed by atoms with Gasteiger partial charge in [0.25, 0.3) is 0 Å². The van der Waals surface area contributed by atoms with E-state index in [1.165, 1.54) is 33.9 Å². The zero-order valence-electron chi connectivity index (χ0n) is 49.9. The van der Waals surface area contributed by atoms with Crippen LogP contribution in [0.5, 0.6) is 5.75 Å². The number of carbonyl (C=O) groups is 2. The Kier molecular flexibility index (Phi) is 15.6. The van der Waals surface area contributed by atoms with Crippen molar-refractivity contribution >= 4 is 90.3 Å². The second-order valence-electron chi connectivity index (χ2n) is 23.6. The van der Waals surface area contributed by atoms with Crippen LogP contribution in [0.3, 0.4) is 0 Å². The molecule has 0 fully saturated rings. The minimum absolute atomic E-state index is 0.00869. The molecule has 86 heavy (non-hydrogen) atoms. The van der Waals surface area contributed by atoms with Crippen LogP contribution in [0.25, 0.3) is 21.5 Å². The topological polar surface area (TPSA) is 144 Å². The summed E-state index contributed by atoms with van der Waals surface area (Å²) in [7, 11) is 0. The molecule has 4 aliphatic rings. The number of hydrogen-bond donors (Lipinski definition) is 3. The highest BCUT2D eigenvalue weighted by Gasteiger charge is 2.44. The van der Waals surface area contributed by atoms with E-state index in [0.717, 1.165) is 93.6 Å². The SMILES string of the molecule is CCN1/C(=C/C=C2\CCCC(/C=C/C3=[N+](CC)c4ccccc4C3(C)C)=C2Oc2ccc(NC(=O)CCC(=O)OCC3(C)Nc4cccc5c(N=Nc6ccc(N=Nc7ccccc7)c7ccccc67)ccc(c45)N3)cc2)C(C)(C)c2ccccc21. The van der Waals surface area contributed by atoms with Gasteiger partial charge in [0.05, 0.1) is 34.6 Å². The molecule has 8 aromatic rings. The van der Waals surface area contributed by atoms with Crippen molar-refractivity contribution < 1.29 is 23.6 Å². The van der Waals surface area contributed by atoms with Crippen molar-refractivity contribution in [3.05, 3.63) is 228 Å². The maximum Gasteiger partial charge on any atom is 0.306 e. The second kappa shape index (κ2) is 23.7. The molecular weight excluding hydrogens is 1070 g/mol. The molecule has 12 rings (SSSR count). The van der Waals surface area contributed by atoms with Crippen LogP contribution in [0.2, 0.25) is 0 Å². The Morgan fingerprint density at radius 2 is 1.27 bits per heavy atom. The molecule has 3 N–H and O–H groups in total. The molecule has 0 bridgehead atoms. The van der Waals surface area contributed by atoms with Crippen molar-refractivity contribution in [2.75, 3.05) is 40.5 Å². The first-order valence-corrected chi connectivity index (χ1v) is 29.9. The molecule has 3 aliphatic heterocycles. The predicted octanol–water partition coefficient (Wildman–Crippen LogP) is 18.4. The van der Waals surface area contributed by atoms with Crippen molar-refractivity contribution in [3.8, 4) is 5.75 Å². The number of benzene rings is 8. The first kappa shape index (κ1) is 56.7. The average molecular weight is 1140 g/mol. The molecule has 13 heteroatoms. The zero-order chi connectivity index (χ0) is 59.6. The van der Waals surface area contributed by atoms with Gasteiger partial charge in [0.2, 0.25) is 11.6 Å². The van der Waals surface area contributed by atoms with Crippen molar-refractivity contribution in [1.29, 1.82) is 0 Å². The van der Waals surface area contributed by atoms with Gasteiger partial charge in [-0.3, -0.25) is 9.59 Å². The van der Waals surface area contributed by atoms with E-state index in [1.807, 2.05) is 128 Å². The number of ether oxygens (including phenoxy) is 2. The lowest BCUT2D eigenvalue weighted by atomic mass is 9.81. The summed E-state index contributed by atoms with van der Waals surface area (Å²) in [5.74, 6) is 0.732. The number of likely N-dealkylation sites (N-methyl/N-ethyl adjacent to an activating group) is 1. The number of hydrogen-bond acceptors (Lipinski definition) is 11. The summed E-state index contributed by atoms with van der Waals surface area (Å²) in [6, 6.07) is 56.2. The summed E-state index contributed by atoms with van der Waals surface area (Å²) in [5.41, 5.74) is 14.0. The van der Waals surface area contributed by atoms with Crippen molar-refractivity contribution in [2.24, 2.45) is 20.5 Å². The largest absolute Gasteiger partial charge is 0.461 e. The van der Waals surface area contributed by atoms with Crippen LogP contribution in [0, 0.1) is 0 Å². The summed E-state index contributed by atoms with van der Waals surface area (Å²) in [6.45, 7) is 17.3. The number of para-hydroxylation sites is 2. The summed E-state index contributed by atoms with van der Waals surface area (Å²) in [5, 5.41) is 32.2. The standard InChI is InChI=1S/C73H71N9O4/c1-8-81-63-31-17-15-28-56(63)71(3,4)65(81)43-33-48-21-19-22-49(34-44-66-72(5,6)57-29-16-18-32-64(57)82(66)9-2)70(48)86-52-37-35-50(36-38-52)74-67(83)45-46-68(84)85-47-73(7)75-61-30-20-27-55-60(41-42-62(76-73)69(55)61)80-79-59-40-39-58(53-25-13-14-26-54(53)59)78-77-51-23-11-10-12-24-51/h10-18,20,23-44H,8-9,19,21-22,45-47H2,1-7H3,(H2-,74,75,76,77,79,83)/p+1. The molecule has 1 unspecified atom stereocenters. The van der Waals surface area contributed by atoms with Gasteiger partial charge in [0.15, 0.2) is 5.71 Å². The number of nitrogens with zero attached hydrogens (tertiary/aromatic N) is 6. The first-order valence-electron chi connectivity index (χ1n) is 29.9. The van der Waals surface area contributed by atoms with E-state index in [4.69, 9.17) is 19.7 Å². The number of amides is 1. The van der Waals surface area contributed by atoms with Crippen molar-refractivity contribution in [2.45, 2.75) is 97.1 Å². The van der Waals surface area contributed by atoms with Gasteiger partial charge in [-0.2, -0.15) is 9.69 Å². The lowest BCUT2D eigenvalue weighted by Crippen LogP contribution is -2.49. The van der Waals surface area contributed by atoms with Crippen LogP contribution in [0.4, 0.5) is 51.2 Å². The van der Waals surface area contributed by atoms with Crippen molar-refractivity contribution in [3.63, 3.8) is 0 Å². The van der Waals surface area contributed by atoms with E-state index in [1.54, 1.807) is 0 Å². The molecule has 0 saturated carbocycles. The van der Waals surface area contributed by atoms with Gasteiger partial charge >= 0.3 is 5.97 Å². The highest BCUT2D eigenvalue weighted by atomic mass is 16.5. The van der Waals surface area contributed by atoms with E-state index in [0.29, 0.717) is 22.8 Å². The van der Waals surface area contributed by atoms with Gasteiger partial charge < -0.3 is 30.3 Å². The fraction of sp³-hybridized carbons (Fsp3) is 0.247. The van der Waals surface area contributed by atoms with Gasteiger partial charge in [0, 0.05) is 86.1 Å². The third-order valence-corrected chi connectivity index (χ3v) is 17.0. The molecular formula is C73H72N9O4+. The molecule has 0 spiro atoms. The minimum atomic E-state index is -0.840. The second-order valence-corrected chi connectivity index (χ2v) is 23.6. The van der Waals surface area contributed by atoms with Gasteiger partial charge in [0.1, 0.15) is 30.3 Å². The Balaban J connectivity index is 0.694. The molecule has 1 atom stereocenters. The molecule has 432 valence electrons. The van der Waals surface area contributed by atoms with E-state index in [2.05, 4.69) is 150 Å². The fourth-order valence-corrected chi connectivity index (χ4v) is 12.7. The number of esters is 1. The Morgan fingerprint density at radius 1 is 0.628 bits per heavy atom. The lowest BCUT2D eigenvalue weighted by Gasteiger charge is -2.38. The lowest BCUT2D eigenvalue weighted by molar-refractivity contribution is -0.433. The van der Waals surface area contributed by atoms with Crippen LogP contribution >= 0.6 is 0 Å². The maximum atomic E-state index is 13.4. The smallest absolute Gasteiger partial charge is 0.306 e. The monoisotopic (exact) mass is 1140 g/mol. The number of rotatable bonds is 17. The number of anilines is 4. The molecule has 8 aromatic carbocycles. The Morgan fingerprint density at radius 3 is 2.00 bits per heavy atom. The summed E-state index contributed by atoms with van der Waals surface area (Å²) in [4.78, 5) is 29.1. The van der Waals surface area contributed by atoms with Crippen LogP contribution in [0.1, 0.15) is 91.7 Å². The highest BCUT2D eigenvalue weighted by Crippen LogP contribution is 2.49. The summed E-state index contributed by atoms with van der Waals surface area (Å²) >= 11 is 0. The zero-order valence-corrected chi connectivity index (χ0v) is 49.9. The van der Waals surface area contributed by atoms with Crippen LogP contribution in [-0.4, -0.2) is 47.5 Å². The van der Waals surface area contributed by atoms with E-state index in [9.17, 15) is 9.59 Å².